The minimum atomic E-state index is -5.08. The molecule has 0 aliphatic carbocycles. The van der Waals surface area contributed by atoms with E-state index in [0.717, 1.165) is 37.4 Å². The Morgan fingerprint density at radius 2 is 2.12 bits per heavy atom. The number of thiophene rings is 1. The number of pyridine rings is 1. The molecule has 1 amide bonds. The molecule has 12 heteroatoms. The third kappa shape index (κ3) is 6.65. The van der Waals surface area contributed by atoms with Crippen molar-refractivity contribution in [2.24, 2.45) is 11.8 Å². The first kappa shape index (κ1) is 24.9. The van der Waals surface area contributed by atoms with Gasteiger partial charge in [-0.3, -0.25) is 9.69 Å². The molecule has 0 saturated carbocycles. The van der Waals surface area contributed by atoms with Gasteiger partial charge in [0.1, 0.15) is 0 Å². The van der Waals surface area contributed by atoms with Gasteiger partial charge < -0.3 is 19.9 Å². The summed E-state index contributed by atoms with van der Waals surface area (Å²) in [5.41, 5.74) is 1.83. The first-order valence-electron chi connectivity index (χ1n) is 10.1. The highest BCUT2D eigenvalue weighted by Crippen LogP contribution is 2.34. The van der Waals surface area contributed by atoms with Gasteiger partial charge in [-0.25, -0.2) is 9.78 Å². The lowest BCUT2D eigenvalue weighted by Crippen LogP contribution is -2.34. The van der Waals surface area contributed by atoms with E-state index in [1.54, 1.807) is 13.3 Å². The van der Waals surface area contributed by atoms with Crippen LogP contribution < -0.4 is 10.1 Å². The zero-order chi connectivity index (χ0) is 24.0. The summed E-state index contributed by atoms with van der Waals surface area (Å²) in [5, 5.41) is 14.0. The van der Waals surface area contributed by atoms with Crippen molar-refractivity contribution in [1.29, 1.82) is 0 Å². The number of nitrogens with one attached hydrogen (secondary N) is 1. The maximum atomic E-state index is 12.2. The SMILES string of the molecule is COc1ncccc1CN1C[C@@H]2[C@@H](CNC(=O)c3ccsc3)CO[C@@H]2C1.O=C(O)C(F)(F)F. The van der Waals surface area contributed by atoms with Gasteiger partial charge in [0, 0.05) is 60.7 Å². The smallest absolute Gasteiger partial charge is 0.481 e. The quantitative estimate of drug-likeness (QED) is 0.646. The number of aromatic nitrogens is 1. The molecule has 0 aromatic carbocycles. The molecule has 4 heterocycles. The van der Waals surface area contributed by atoms with Gasteiger partial charge in [-0.15, -0.1) is 0 Å². The molecule has 0 radical (unpaired) electrons. The molecule has 180 valence electrons. The van der Waals surface area contributed by atoms with E-state index < -0.39 is 12.1 Å². The summed E-state index contributed by atoms with van der Waals surface area (Å²) >= 11 is 1.54. The van der Waals surface area contributed by atoms with Crippen LogP contribution in [0.3, 0.4) is 0 Å². The van der Waals surface area contributed by atoms with Gasteiger partial charge >= 0.3 is 12.1 Å². The molecule has 2 aromatic heterocycles. The number of rotatable bonds is 6. The van der Waals surface area contributed by atoms with Crippen LogP contribution in [0.2, 0.25) is 0 Å². The number of ether oxygens (including phenoxy) is 2. The summed E-state index contributed by atoms with van der Waals surface area (Å²) in [5.74, 6) is -1.24. The van der Waals surface area contributed by atoms with Crippen LogP contribution in [0.15, 0.2) is 35.2 Å². The monoisotopic (exact) mass is 487 g/mol. The maximum absolute atomic E-state index is 12.2. The van der Waals surface area contributed by atoms with E-state index in [1.165, 1.54) is 11.3 Å². The second-order valence-corrected chi connectivity index (χ2v) is 8.47. The highest BCUT2D eigenvalue weighted by atomic mass is 32.1. The fourth-order valence-electron chi connectivity index (χ4n) is 3.91. The lowest BCUT2D eigenvalue weighted by Gasteiger charge is -2.20. The number of fused-ring (bicyclic) bond motifs is 1. The molecule has 4 rings (SSSR count). The number of hydrogen-bond acceptors (Lipinski definition) is 7. The summed E-state index contributed by atoms with van der Waals surface area (Å²) < 4.78 is 43.1. The molecule has 0 spiro atoms. The number of hydrogen-bond donors (Lipinski definition) is 2. The van der Waals surface area contributed by atoms with Gasteiger partial charge in [0.05, 0.1) is 19.8 Å². The summed E-state index contributed by atoms with van der Waals surface area (Å²) in [6, 6.07) is 5.85. The van der Waals surface area contributed by atoms with Gasteiger partial charge in [0.2, 0.25) is 5.88 Å². The third-order valence-corrected chi connectivity index (χ3v) is 6.19. The number of carbonyl (C=O) groups excluding carboxylic acids is 1. The minimum absolute atomic E-state index is 0.00430. The van der Waals surface area contributed by atoms with E-state index in [4.69, 9.17) is 19.4 Å². The number of nitrogens with zero attached hydrogens (tertiary/aromatic N) is 2. The van der Waals surface area contributed by atoms with Crippen LogP contribution in [0, 0.1) is 11.8 Å². The molecule has 2 aromatic rings. The number of halogens is 3. The number of carbonyl (C=O) groups is 2. The second-order valence-electron chi connectivity index (χ2n) is 7.69. The van der Waals surface area contributed by atoms with Gasteiger partial charge in [-0.1, -0.05) is 6.07 Å². The van der Waals surface area contributed by atoms with Crippen LogP contribution in [-0.4, -0.2) is 72.5 Å². The lowest BCUT2D eigenvalue weighted by atomic mass is 9.93. The van der Waals surface area contributed by atoms with Gasteiger partial charge in [-0.05, 0) is 17.5 Å². The molecule has 2 aliphatic rings. The maximum Gasteiger partial charge on any atom is 0.490 e. The highest BCUT2D eigenvalue weighted by Gasteiger charge is 2.43. The van der Waals surface area contributed by atoms with Crippen LogP contribution in [0.4, 0.5) is 13.2 Å². The van der Waals surface area contributed by atoms with Crippen LogP contribution in [0.25, 0.3) is 0 Å². The predicted molar refractivity (Wildman–Crippen MR) is 113 cm³/mol. The van der Waals surface area contributed by atoms with Crippen molar-refractivity contribution in [2.75, 3.05) is 33.4 Å². The molecule has 0 bridgehead atoms. The molecule has 0 unspecified atom stereocenters. The Morgan fingerprint density at radius 1 is 1.36 bits per heavy atom. The predicted octanol–water partition coefficient (Wildman–Crippen LogP) is 2.66. The van der Waals surface area contributed by atoms with Crippen LogP contribution >= 0.6 is 11.3 Å². The molecule has 33 heavy (non-hydrogen) atoms. The summed E-state index contributed by atoms with van der Waals surface area (Å²) in [6.45, 7) is 4.09. The van der Waals surface area contributed by atoms with Gasteiger partial charge in [0.15, 0.2) is 0 Å². The number of carboxylic acids is 1. The normalized spacial score (nSPS) is 22.2. The van der Waals surface area contributed by atoms with Crippen molar-refractivity contribution < 1.29 is 37.3 Å². The Balaban J connectivity index is 0.000000383. The van der Waals surface area contributed by atoms with Crippen molar-refractivity contribution in [1.82, 2.24) is 15.2 Å². The number of likely N-dealkylation sites (tertiary alicyclic amines) is 1. The molecule has 2 saturated heterocycles. The molecular formula is C21H24F3N3O5S. The Bertz CT molecular complexity index is 941. The van der Waals surface area contributed by atoms with Crippen molar-refractivity contribution in [2.45, 2.75) is 18.8 Å². The average molecular weight is 488 g/mol. The van der Waals surface area contributed by atoms with E-state index in [1.807, 2.05) is 22.9 Å². The minimum Gasteiger partial charge on any atom is -0.481 e. The Hall–Kier alpha value is -2.70. The first-order valence-corrected chi connectivity index (χ1v) is 11.1. The third-order valence-electron chi connectivity index (χ3n) is 5.50. The standard InChI is InChI=1S/C19H23N3O3S.C2HF3O2/c1-24-19-13(3-2-5-20-19)8-22-9-16-15(11-25-17(16)10-22)7-21-18(23)14-4-6-26-12-14;3-2(4,5)1(6)7/h2-6,12,15-17H,7-11H2,1H3,(H,21,23);(H,6,7)/t15-,16+,17+;/m0./s1. The molecule has 8 nitrogen and oxygen atoms in total. The van der Waals surface area contributed by atoms with Crippen molar-refractivity contribution >= 4 is 23.2 Å². The molecule has 2 fully saturated rings. The molecule has 3 atom stereocenters. The molecular weight excluding hydrogens is 463 g/mol. The number of amides is 1. The van der Waals surface area contributed by atoms with E-state index in [2.05, 4.69) is 21.3 Å². The molecule has 2 N–H and O–H groups in total. The Morgan fingerprint density at radius 3 is 2.76 bits per heavy atom. The van der Waals surface area contributed by atoms with Crippen LogP contribution in [0.5, 0.6) is 5.88 Å². The average Bonchev–Trinajstić information content (AvgIpc) is 3.50. The number of alkyl halides is 3. The number of aliphatic carboxylic acids is 1. The van der Waals surface area contributed by atoms with Gasteiger partial charge in [-0.2, -0.15) is 24.5 Å². The second kappa shape index (κ2) is 10.9. The summed E-state index contributed by atoms with van der Waals surface area (Å²) in [7, 11) is 1.65. The van der Waals surface area contributed by atoms with Crippen LogP contribution in [-0.2, 0) is 16.1 Å². The van der Waals surface area contributed by atoms with Gasteiger partial charge in [0.25, 0.3) is 5.91 Å². The summed E-state index contributed by atoms with van der Waals surface area (Å²) in [4.78, 5) is 27.7. The zero-order valence-corrected chi connectivity index (χ0v) is 18.6. The fourth-order valence-corrected chi connectivity index (χ4v) is 4.54. The van der Waals surface area contributed by atoms with Crippen molar-refractivity contribution in [3.8, 4) is 5.88 Å². The van der Waals surface area contributed by atoms with Crippen molar-refractivity contribution in [3.63, 3.8) is 0 Å². The highest BCUT2D eigenvalue weighted by molar-refractivity contribution is 7.08. The largest absolute Gasteiger partial charge is 0.490 e. The van der Waals surface area contributed by atoms with E-state index in [-0.39, 0.29) is 12.0 Å². The van der Waals surface area contributed by atoms with Crippen LogP contribution in [0.1, 0.15) is 15.9 Å². The first-order chi connectivity index (χ1) is 15.7. The summed E-state index contributed by atoms with van der Waals surface area (Å²) in [6.07, 6.45) is -3.09. The lowest BCUT2D eigenvalue weighted by molar-refractivity contribution is -0.192. The number of methoxy groups -OCH3 is 1. The Labute approximate surface area is 192 Å². The fraction of sp³-hybridized carbons (Fsp3) is 0.476. The molecule has 2 aliphatic heterocycles. The van der Waals surface area contributed by atoms with E-state index >= 15 is 0 Å². The Kier molecular flexibility index (Phi) is 8.27. The topological polar surface area (TPSA) is 101 Å². The van der Waals surface area contributed by atoms with E-state index in [0.29, 0.717) is 24.3 Å². The number of carboxylic acid groups (broad SMARTS) is 1. The van der Waals surface area contributed by atoms with E-state index in [9.17, 15) is 18.0 Å². The zero-order valence-electron chi connectivity index (χ0n) is 17.7. The van der Waals surface area contributed by atoms with Crippen molar-refractivity contribution in [3.05, 3.63) is 46.3 Å².